The number of nitrogens with zero attached hydrogens (tertiary/aromatic N) is 6. The third-order valence-corrected chi connectivity index (χ3v) is 4.97. The highest BCUT2D eigenvalue weighted by Gasteiger charge is 2.33. The molecule has 0 spiro atoms. The van der Waals surface area contributed by atoms with Crippen molar-refractivity contribution in [2.24, 2.45) is 0 Å². The van der Waals surface area contributed by atoms with Gasteiger partial charge in [0.05, 0.1) is 0 Å². The van der Waals surface area contributed by atoms with Crippen molar-refractivity contribution in [3.8, 4) is 0 Å². The summed E-state index contributed by atoms with van der Waals surface area (Å²) in [6.45, 7) is 6.51. The summed E-state index contributed by atoms with van der Waals surface area (Å²) in [5.74, 6) is 2.86. The number of hydrogen-bond acceptors (Lipinski definition) is 4. The van der Waals surface area contributed by atoms with Crippen molar-refractivity contribution in [1.29, 1.82) is 0 Å². The van der Waals surface area contributed by atoms with Crippen LogP contribution >= 0.6 is 0 Å². The van der Waals surface area contributed by atoms with E-state index in [0.29, 0.717) is 12.0 Å². The summed E-state index contributed by atoms with van der Waals surface area (Å²) >= 11 is 0. The first-order valence-electron chi connectivity index (χ1n) is 8.48. The first-order valence-corrected chi connectivity index (χ1v) is 8.48. The van der Waals surface area contributed by atoms with Crippen LogP contribution < -0.4 is 0 Å². The van der Waals surface area contributed by atoms with Crippen molar-refractivity contribution < 1.29 is 0 Å². The van der Waals surface area contributed by atoms with Gasteiger partial charge in [-0.25, -0.2) is 0 Å². The number of aromatic nitrogens is 5. The standard InChI is InChI=1S/C16H24N6/c1-2-20-10-6-13(7-11-20)16-19-18-15(22(16)14-4-5-14)12-21-9-3-8-17-21/h3,8-9,13-14H,2,4-7,10-12H2,1H3. The number of rotatable bonds is 5. The molecule has 2 aliphatic rings. The maximum Gasteiger partial charge on any atom is 0.155 e. The quantitative estimate of drug-likeness (QED) is 0.848. The predicted octanol–water partition coefficient (Wildman–Crippen LogP) is 2.06. The molecule has 6 heteroatoms. The molecule has 6 nitrogen and oxygen atoms in total. The van der Waals surface area contributed by atoms with Crippen molar-refractivity contribution in [1.82, 2.24) is 29.4 Å². The molecule has 0 N–H and O–H groups in total. The maximum atomic E-state index is 4.59. The Bertz CT molecular complexity index is 605. The molecule has 118 valence electrons. The zero-order valence-electron chi connectivity index (χ0n) is 13.2. The molecule has 2 aromatic rings. The fourth-order valence-electron chi connectivity index (χ4n) is 3.50. The highest BCUT2D eigenvalue weighted by molar-refractivity contribution is 5.09. The first kappa shape index (κ1) is 13.9. The minimum absolute atomic E-state index is 0.572. The van der Waals surface area contributed by atoms with Gasteiger partial charge in [0.1, 0.15) is 12.4 Å². The Balaban J connectivity index is 1.56. The normalized spacial score (nSPS) is 20.6. The molecule has 0 atom stereocenters. The number of hydrogen-bond donors (Lipinski definition) is 0. The molecule has 0 amide bonds. The molecule has 22 heavy (non-hydrogen) atoms. The summed E-state index contributed by atoms with van der Waals surface area (Å²) in [6, 6.07) is 2.58. The van der Waals surface area contributed by atoms with Crippen LogP contribution in [-0.4, -0.2) is 49.1 Å². The third-order valence-electron chi connectivity index (χ3n) is 4.97. The third kappa shape index (κ3) is 2.67. The highest BCUT2D eigenvalue weighted by atomic mass is 15.3. The molecule has 1 aliphatic carbocycles. The van der Waals surface area contributed by atoms with Crippen molar-refractivity contribution in [2.45, 2.75) is 51.1 Å². The van der Waals surface area contributed by atoms with Crippen molar-refractivity contribution in [3.63, 3.8) is 0 Å². The Morgan fingerprint density at radius 2 is 1.95 bits per heavy atom. The summed E-state index contributed by atoms with van der Waals surface area (Å²) in [4.78, 5) is 2.53. The van der Waals surface area contributed by atoms with E-state index in [-0.39, 0.29) is 0 Å². The van der Waals surface area contributed by atoms with Gasteiger partial charge in [-0.1, -0.05) is 6.92 Å². The summed E-state index contributed by atoms with van der Waals surface area (Å²) < 4.78 is 4.36. The van der Waals surface area contributed by atoms with Crippen LogP contribution in [0.5, 0.6) is 0 Å². The van der Waals surface area contributed by atoms with Gasteiger partial charge in [0.25, 0.3) is 0 Å². The predicted molar refractivity (Wildman–Crippen MR) is 83.7 cm³/mol. The monoisotopic (exact) mass is 300 g/mol. The molecule has 4 rings (SSSR count). The lowest BCUT2D eigenvalue weighted by atomic mass is 9.96. The smallest absolute Gasteiger partial charge is 0.155 e. The minimum Gasteiger partial charge on any atom is -0.310 e. The van der Waals surface area contributed by atoms with E-state index in [2.05, 4.69) is 31.7 Å². The fourth-order valence-corrected chi connectivity index (χ4v) is 3.50. The average molecular weight is 300 g/mol. The zero-order chi connectivity index (χ0) is 14.9. The molecule has 0 bridgehead atoms. The van der Waals surface area contributed by atoms with Gasteiger partial charge < -0.3 is 9.47 Å². The lowest BCUT2D eigenvalue weighted by Crippen LogP contribution is -2.33. The van der Waals surface area contributed by atoms with Crippen LogP contribution in [0.15, 0.2) is 18.5 Å². The van der Waals surface area contributed by atoms with E-state index in [0.717, 1.165) is 18.9 Å². The van der Waals surface area contributed by atoms with E-state index < -0.39 is 0 Å². The van der Waals surface area contributed by atoms with Gasteiger partial charge in [0.2, 0.25) is 0 Å². The second kappa shape index (κ2) is 5.83. The first-order chi connectivity index (χ1) is 10.8. The molecule has 1 saturated heterocycles. The van der Waals surface area contributed by atoms with Gasteiger partial charge in [-0.2, -0.15) is 5.10 Å². The summed E-state index contributed by atoms with van der Waals surface area (Å²) in [7, 11) is 0. The SMILES string of the molecule is CCN1CCC(c2nnc(Cn3cccn3)n2C2CC2)CC1. The molecule has 3 heterocycles. The van der Waals surface area contributed by atoms with Gasteiger partial charge >= 0.3 is 0 Å². The second-order valence-corrected chi connectivity index (χ2v) is 6.49. The van der Waals surface area contributed by atoms with Crippen LogP contribution in [0.4, 0.5) is 0 Å². The molecular weight excluding hydrogens is 276 g/mol. The van der Waals surface area contributed by atoms with Crippen LogP contribution in [0.25, 0.3) is 0 Å². The Kier molecular flexibility index (Phi) is 3.70. The fraction of sp³-hybridized carbons (Fsp3) is 0.688. The van der Waals surface area contributed by atoms with Gasteiger partial charge in [-0.15, -0.1) is 10.2 Å². The van der Waals surface area contributed by atoms with Crippen LogP contribution in [-0.2, 0) is 6.54 Å². The molecule has 1 saturated carbocycles. The van der Waals surface area contributed by atoms with E-state index >= 15 is 0 Å². The topological polar surface area (TPSA) is 51.8 Å². The molecular formula is C16H24N6. The molecule has 0 aromatic carbocycles. The zero-order valence-corrected chi connectivity index (χ0v) is 13.2. The molecule has 2 aromatic heterocycles. The lowest BCUT2D eigenvalue weighted by molar-refractivity contribution is 0.217. The molecule has 2 fully saturated rings. The van der Waals surface area contributed by atoms with Gasteiger partial charge in [0, 0.05) is 24.4 Å². The van der Waals surface area contributed by atoms with Gasteiger partial charge in [0.15, 0.2) is 5.82 Å². The van der Waals surface area contributed by atoms with Crippen LogP contribution in [0.3, 0.4) is 0 Å². The number of likely N-dealkylation sites (tertiary alicyclic amines) is 1. The minimum atomic E-state index is 0.572. The van der Waals surface area contributed by atoms with E-state index in [4.69, 9.17) is 0 Å². The van der Waals surface area contributed by atoms with Gasteiger partial charge in [-0.05, 0) is 51.4 Å². The van der Waals surface area contributed by atoms with E-state index in [1.54, 1.807) is 0 Å². The van der Waals surface area contributed by atoms with E-state index in [9.17, 15) is 0 Å². The number of piperidine rings is 1. The Hall–Kier alpha value is -1.69. The molecule has 0 radical (unpaired) electrons. The van der Waals surface area contributed by atoms with Crippen LogP contribution in [0.1, 0.15) is 56.2 Å². The molecule has 1 aliphatic heterocycles. The van der Waals surface area contributed by atoms with E-state index in [1.807, 2.05) is 23.1 Å². The average Bonchev–Trinajstić information content (AvgIpc) is 3.10. The van der Waals surface area contributed by atoms with Crippen LogP contribution in [0, 0.1) is 0 Å². The van der Waals surface area contributed by atoms with Crippen molar-refractivity contribution in [2.75, 3.05) is 19.6 Å². The highest BCUT2D eigenvalue weighted by Crippen LogP contribution is 2.39. The Labute approximate surface area is 131 Å². The maximum absolute atomic E-state index is 4.59. The van der Waals surface area contributed by atoms with Crippen molar-refractivity contribution >= 4 is 0 Å². The molecule has 0 unspecified atom stereocenters. The second-order valence-electron chi connectivity index (χ2n) is 6.49. The van der Waals surface area contributed by atoms with Crippen molar-refractivity contribution in [3.05, 3.63) is 30.1 Å². The lowest BCUT2D eigenvalue weighted by Gasteiger charge is -2.30. The Morgan fingerprint density at radius 1 is 1.14 bits per heavy atom. The van der Waals surface area contributed by atoms with Crippen LogP contribution in [0.2, 0.25) is 0 Å². The summed E-state index contributed by atoms with van der Waals surface area (Å²) in [5, 5.41) is 13.4. The largest absolute Gasteiger partial charge is 0.310 e. The Morgan fingerprint density at radius 3 is 2.59 bits per heavy atom. The summed E-state index contributed by atoms with van der Waals surface area (Å²) in [6.07, 6.45) is 8.77. The van der Waals surface area contributed by atoms with E-state index in [1.165, 1.54) is 44.6 Å². The summed E-state index contributed by atoms with van der Waals surface area (Å²) in [5.41, 5.74) is 0. The van der Waals surface area contributed by atoms with Gasteiger partial charge in [-0.3, -0.25) is 4.68 Å².